The van der Waals surface area contributed by atoms with Gasteiger partial charge in [0.25, 0.3) is 0 Å². The zero-order chi connectivity index (χ0) is 20.0. The van der Waals surface area contributed by atoms with Gasteiger partial charge in [-0.2, -0.15) is 0 Å². The van der Waals surface area contributed by atoms with E-state index in [1.807, 2.05) is 6.92 Å². The summed E-state index contributed by atoms with van der Waals surface area (Å²) < 4.78 is 6.90. The normalized spacial score (nSPS) is 35.0. The maximum Gasteiger partial charge on any atom is 0.192 e. The van der Waals surface area contributed by atoms with E-state index in [0.29, 0.717) is 30.2 Å². The van der Waals surface area contributed by atoms with Crippen LogP contribution in [0.1, 0.15) is 73.1 Å². The average molecular weight is 401 g/mol. The molecule has 0 aliphatic heterocycles. The lowest BCUT2D eigenvalue weighted by molar-refractivity contribution is -0.0862. The molecule has 5 atom stereocenters. The molecule has 4 heteroatoms. The summed E-state index contributed by atoms with van der Waals surface area (Å²) in [6, 6.07) is 0. The Kier molecular flexibility index (Phi) is 6.51. The molecule has 26 heavy (non-hydrogen) atoms. The molecule has 0 radical (unpaired) electrons. The fraction of sp³-hybridized carbons (Fsp3) is 0.909. The van der Waals surface area contributed by atoms with Gasteiger partial charge in [-0.25, -0.2) is 0 Å². The Bertz CT molecular complexity index is 523. The quantitative estimate of drug-likeness (QED) is 0.312. The van der Waals surface area contributed by atoms with Crippen LogP contribution in [-0.4, -0.2) is 31.0 Å². The SMILES string of the molecule is C=C(CCl)C[C@](C)(O)[C@H]1CC[C@H]2[C@@H](O[Si](C)(C)C(C)(C)C)CCC[C@@]21C. The van der Waals surface area contributed by atoms with Crippen molar-refractivity contribution < 1.29 is 9.53 Å². The van der Waals surface area contributed by atoms with E-state index in [9.17, 15) is 5.11 Å². The van der Waals surface area contributed by atoms with E-state index in [0.717, 1.165) is 12.0 Å². The first-order chi connectivity index (χ1) is 11.7. The molecule has 2 fully saturated rings. The van der Waals surface area contributed by atoms with Crippen LogP contribution in [0.25, 0.3) is 0 Å². The van der Waals surface area contributed by atoms with E-state index in [2.05, 4.69) is 47.4 Å². The Labute approximate surface area is 167 Å². The Balaban J connectivity index is 2.21. The summed E-state index contributed by atoms with van der Waals surface area (Å²) in [5.74, 6) is 1.29. The summed E-state index contributed by atoms with van der Waals surface area (Å²) >= 11 is 5.95. The summed E-state index contributed by atoms with van der Waals surface area (Å²) in [4.78, 5) is 0. The molecular formula is C22H41ClO2Si. The van der Waals surface area contributed by atoms with Crippen LogP contribution < -0.4 is 0 Å². The molecule has 0 aromatic rings. The van der Waals surface area contributed by atoms with E-state index in [-0.39, 0.29) is 10.5 Å². The molecule has 0 bridgehead atoms. The van der Waals surface area contributed by atoms with Crippen LogP contribution in [0.5, 0.6) is 0 Å². The van der Waals surface area contributed by atoms with Gasteiger partial charge in [0.05, 0.1) is 5.60 Å². The topological polar surface area (TPSA) is 29.5 Å². The first-order valence-electron chi connectivity index (χ1n) is 10.4. The van der Waals surface area contributed by atoms with Gasteiger partial charge in [0.2, 0.25) is 0 Å². The van der Waals surface area contributed by atoms with Crippen molar-refractivity contribution in [2.45, 2.75) is 103 Å². The van der Waals surface area contributed by atoms with Crippen molar-refractivity contribution in [3.63, 3.8) is 0 Å². The van der Waals surface area contributed by atoms with Gasteiger partial charge in [-0.3, -0.25) is 0 Å². The highest BCUT2D eigenvalue weighted by atomic mass is 35.5. The highest BCUT2D eigenvalue weighted by Crippen LogP contribution is 2.60. The molecule has 2 aliphatic rings. The third-order valence-electron chi connectivity index (χ3n) is 7.86. The predicted molar refractivity (Wildman–Crippen MR) is 115 cm³/mol. The second-order valence-electron chi connectivity index (χ2n) is 11.0. The minimum atomic E-state index is -1.78. The zero-order valence-corrected chi connectivity index (χ0v) is 19.9. The van der Waals surface area contributed by atoms with Gasteiger partial charge in [-0.05, 0) is 74.4 Å². The number of halogens is 1. The van der Waals surface area contributed by atoms with Gasteiger partial charge in [-0.1, -0.05) is 46.3 Å². The Hall–Kier alpha value is 0.167. The second-order valence-corrected chi connectivity index (χ2v) is 16.0. The monoisotopic (exact) mass is 400 g/mol. The minimum absolute atomic E-state index is 0.154. The van der Waals surface area contributed by atoms with Crippen molar-refractivity contribution in [3.05, 3.63) is 12.2 Å². The smallest absolute Gasteiger partial charge is 0.192 e. The molecule has 2 rings (SSSR count). The molecule has 0 saturated heterocycles. The minimum Gasteiger partial charge on any atom is -0.414 e. The van der Waals surface area contributed by atoms with E-state index in [1.54, 1.807) is 0 Å². The number of alkyl halides is 1. The highest BCUT2D eigenvalue weighted by Gasteiger charge is 2.57. The largest absolute Gasteiger partial charge is 0.414 e. The van der Waals surface area contributed by atoms with Crippen LogP contribution in [0.3, 0.4) is 0 Å². The van der Waals surface area contributed by atoms with Crippen LogP contribution in [0, 0.1) is 17.3 Å². The second kappa shape index (κ2) is 7.53. The number of hydrogen-bond acceptors (Lipinski definition) is 2. The van der Waals surface area contributed by atoms with Gasteiger partial charge in [0.15, 0.2) is 8.32 Å². The molecule has 2 aliphatic carbocycles. The van der Waals surface area contributed by atoms with E-state index >= 15 is 0 Å². The van der Waals surface area contributed by atoms with E-state index in [4.69, 9.17) is 16.0 Å². The third kappa shape index (κ3) is 4.26. The van der Waals surface area contributed by atoms with E-state index in [1.165, 1.54) is 25.7 Å². The number of hydrogen-bond donors (Lipinski definition) is 1. The molecule has 2 saturated carbocycles. The van der Waals surface area contributed by atoms with Crippen molar-refractivity contribution in [1.82, 2.24) is 0 Å². The van der Waals surface area contributed by atoms with Crippen molar-refractivity contribution >= 4 is 19.9 Å². The standard InChI is InChI=1S/C22H41ClO2Si/c1-16(15-23)14-22(6,24)19-12-11-17-18(10-9-13-21(17,19)5)25-26(7,8)20(2,3)4/h17-19,24H,1,9-15H2,2-8H3/t17-,18-,19-,21-,22-/m0/s1. The molecule has 0 aromatic carbocycles. The maximum absolute atomic E-state index is 11.3. The fourth-order valence-corrected chi connectivity index (χ4v) is 7.00. The summed E-state index contributed by atoms with van der Waals surface area (Å²) in [7, 11) is -1.78. The molecule has 1 N–H and O–H groups in total. The van der Waals surface area contributed by atoms with Crippen LogP contribution in [0.15, 0.2) is 12.2 Å². The molecule has 152 valence electrons. The van der Waals surface area contributed by atoms with Gasteiger partial charge in [-0.15, -0.1) is 11.6 Å². The van der Waals surface area contributed by atoms with Crippen LogP contribution in [0.2, 0.25) is 18.1 Å². The zero-order valence-electron chi connectivity index (χ0n) is 18.1. The Morgan fingerprint density at radius 3 is 2.38 bits per heavy atom. The van der Waals surface area contributed by atoms with Crippen molar-refractivity contribution in [2.24, 2.45) is 17.3 Å². The van der Waals surface area contributed by atoms with Crippen molar-refractivity contribution in [3.8, 4) is 0 Å². The van der Waals surface area contributed by atoms with Gasteiger partial charge in [0.1, 0.15) is 0 Å². The Morgan fingerprint density at radius 2 is 1.85 bits per heavy atom. The first kappa shape index (κ1) is 22.5. The summed E-state index contributed by atoms with van der Waals surface area (Å²) in [5.41, 5.74) is 0.365. The van der Waals surface area contributed by atoms with E-state index < -0.39 is 13.9 Å². The molecule has 0 spiro atoms. The van der Waals surface area contributed by atoms with Gasteiger partial charge in [0, 0.05) is 12.0 Å². The molecule has 2 nitrogen and oxygen atoms in total. The maximum atomic E-state index is 11.3. The summed E-state index contributed by atoms with van der Waals surface area (Å²) in [6.45, 7) is 20.1. The average Bonchev–Trinajstić information content (AvgIpc) is 2.84. The third-order valence-corrected chi connectivity index (χ3v) is 12.7. The lowest BCUT2D eigenvalue weighted by atomic mass is 9.60. The fourth-order valence-electron chi connectivity index (χ4n) is 5.51. The number of rotatable bonds is 6. The van der Waals surface area contributed by atoms with Crippen LogP contribution in [0.4, 0.5) is 0 Å². The van der Waals surface area contributed by atoms with Crippen LogP contribution in [-0.2, 0) is 4.43 Å². The van der Waals surface area contributed by atoms with Crippen LogP contribution >= 0.6 is 11.6 Å². The van der Waals surface area contributed by atoms with Gasteiger partial charge >= 0.3 is 0 Å². The number of aliphatic hydroxyl groups is 1. The van der Waals surface area contributed by atoms with Crippen molar-refractivity contribution in [1.29, 1.82) is 0 Å². The first-order valence-corrected chi connectivity index (χ1v) is 13.8. The molecule has 0 amide bonds. The molecule has 0 unspecified atom stereocenters. The Morgan fingerprint density at radius 1 is 1.23 bits per heavy atom. The predicted octanol–water partition coefficient (Wildman–Crippen LogP) is 6.53. The summed E-state index contributed by atoms with van der Waals surface area (Å²) in [5, 5.41) is 11.6. The van der Waals surface area contributed by atoms with Crippen molar-refractivity contribution in [2.75, 3.05) is 5.88 Å². The number of fused-ring (bicyclic) bond motifs is 1. The molecule has 0 heterocycles. The molecular weight excluding hydrogens is 360 g/mol. The van der Waals surface area contributed by atoms with Gasteiger partial charge < -0.3 is 9.53 Å². The lowest BCUT2D eigenvalue weighted by Gasteiger charge is -2.51. The molecule has 0 aromatic heterocycles. The lowest BCUT2D eigenvalue weighted by Crippen LogP contribution is -2.52. The highest BCUT2D eigenvalue weighted by molar-refractivity contribution is 6.74. The summed E-state index contributed by atoms with van der Waals surface area (Å²) in [6.07, 6.45) is 6.79.